The van der Waals surface area contributed by atoms with E-state index in [9.17, 15) is 4.39 Å². The number of nitriles is 1. The third-order valence-electron chi connectivity index (χ3n) is 4.77. The third kappa shape index (κ3) is 2.52. The van der Waals surface area contributed by atoms with Crippen molar-refractivity contribution in [3.05, 3.63) is 46.1 Å². The van der Waals surface area contributed by atoms with E-state index in [0.717, 1.165) is 41.9 Å². The van der Waals surface area contributed by atoms with E-state index in [1.807, 2.05) is 6.07 Å². The van der Waals surface area contributed by atoms with Crippen LogP contribution in [-0.2, 0) is 12.0 Å². The number of thiophene rings is 1. The van der Waals surface area contributed by atoms with Gasteiger partial charge in [-0.25, -0.2) is 4.39 Å². The second-order valence-electron chi connectivity index (χ2n) is 6.19. The second-order valence-corrected chi connectivity index (χ2v) is 8.44. The number of aryl methyl sites for hydroxylation is 1. The smallest absolute Gasteiger partial charge is 0.154 e. The van der Waals surface area contributed by atoms with Crippen molar-refractivity contribution in [3.63, 3.8) is 0 Å². The van der Waals surface area contributed by atoms with E-state index in [1.54, 1.807) is 35.2 Å². The number of amidine groups is 1. The molecule has 1 atom stereocenters. The number of thioether (sulfide) groups is 1. The number of nitrogens with two attached hydrogens (primary N) is 1. The van der Waals surface area contributed by atoms with Gasteiger partial charge in [-0.05, 0) is 55.0 Å². The normalized spacial score (nSPS) is 22.8. The molecule has 24 heavy (non-hydrogen) atoms. The summed E-state index contributed by atoms with van der Waals surface area (Å²) >= 11 is 3.36. The van der Waals surface area contributed by atoms with E-state index in [2.05, 4.69) is 6.07 Å². The molecule has 1 spiro atoms. The zero-order valence-corrected chi connectivity index (χ0v) is 14.6. The van der Waals surface area contributed by atoms with E-state index < -0.39 is 5.82 Å². The van der Waals surface area contributed by atoms with Crippen molar-refractivity contribution in [3.8, 4) is 16.5 Å². The van der Waals surface area contributed by atoms with Crippen LogP contribution >= 0.6 is 23.1 Å². The van der Waals surface area contributed by atoms with Gasteiger partial charge in [0.2, 0.25) is 0 Å². The number of aliphatic imine (C=N–C) groups is 1. The first-order valence-corrected chi connectivity index (χ1v) is 9.73. The molecule has 0 fully saturated rings. The molecular formula is C18H16FN3S2. The highest BCUT2D eigenvalue weighted by Gasteiger charge is 2.39. The average molecular weight is 357 g/mol. The summed E-state index contributed by atoms with van der Waals surface area (Å²) in [5, 5.41) is 9.74. The van der Waals surface area contributed by atoms with Crippen LogP contribution in [0.2, 0.25) is 0 Å². The maximum atomic E-state index is 13.6. The molecule has 3 nitrogen and oxygen atoms in total. The van der Waals surface area contributed by atoms with Gasteiger partial charge in [0, 0.05) is 15.5 Å². The Morgan fingerprint density at radius 2 is 2.17 bits per heavy atom. The molecule has 2 aliphatic rings. The van der Waals surface area contributed by atoms with Gasteiger partial charge in [-0.15, -0.1) is 11.3 Å². The van der Waals surface area contributed by atoms with Crippen LogP contribution in [0.25, 0.3) is 10.4 Å². The van der Waals surface area contributed by atoms with E-state index in [1.165, 1.54) is 16.5 Å². The molecule has 1 aromatic heterocycles. The van der Waals surface area contributed by atoms with Crippen molar-refractivity contribution in [2.24, 2.45) is 10.7 Å². The first-order valence-electron chi connectivity index (χ1n) is 7.93. The molecule has 1 aliphatic heterocycles. The number of benzene rings is 1. The van der Waals surface area contributed by atoms with Gasteiger partial charge in [-0.3, -0.25) is 4.99 Å². The Morgan fingerprint density at radius 3 is 2.96 bits per heavy atom. The minimum absolute atomic E-state index is 0.0879. The molecule has 1 unspecified atom stereocenters. The summed E-state index contributed by atoms with van der Waals surface area (Å²) in [6.45, 7) is 0. The predicted molar refractivity (Wildman–Crippen MR) is 97.7 cm³/mol. The molecule has 1 aliphatic carbocycles. The number of hydrogen-bond donors (Lipinski definition) is 1. The van der Waals surface area contributed by atoms with Crippen LogP contribution in [0, 0.1) is 17.1 Å². The summed E-state index contributed by atoms with van der Waals surface area (Å²) in [5.41, 5.74) is 8.08. The van der Waals surface area contributed by atoms with Gasteiger partial charge in [-0.2, -0.15) is 5.26 Å². The third-order valence-corrected chi connectivity index (χ3v) is 6.80. The molecule has 0 bridgehead atoms. The SMILES string of the molecule is N#Cc1cc(-c2cc3c(s2)CCCC32CCSC(N)=N2)ccc1F. The van der Waals surface area contributed by atoms with Gasteiger partial charge < -0.3 is 5.73 Å². The minimum atomic E-state index is -0.472. The summed E-state index contributed by atoms with van der Waals surface area (Å²) in [6, 6.07) is 8.85. The Morgan fingerprint density at radius 1 is 1.29 bits per heavy atom. The molecular weight excluding hydrogens is 341 g/mol. The number of nitrogens with zero attached hydrogens (tertiary/aromatic N) is 2. The predicted octanol–water partition coefficient (Wildman–Crippen LogP) is 4.41. The monoisotopic (exact) mass is 357 g/mol. The zero-order chi connectivity index (χ0) is 16.7. The summed E-state index contributed by atoms with van der Waals surface area (Å²) in [4.78, 5) is 7.24. The second kappa shape index (κ2) is 5.91. The van der Waals surface area contributed by atoms with Crippen LogP contribution in [-0.4, -0.2) is 10.9 Å². The fourth-order valence-corrected chi connectivity index (χ4v) is 5.77. The largest absolute Gasteiger partial charge is 0.379 e. The first kappa shape index (κ1) is 15.7. The molecule has 122 valence electrons. The van der Waals surface area contributed by atoms with Gasteiger partial charge in [0.25, 0.3) is 0 Å². The fraction of sp³-hybridized carbons (Fsp3) is 0.333. The standard InChI is InChI=1S/C18H16FN3S2/c19-14-4-3-11(8-12(14)10-20)16-9-13-15(24-16)2-1-5-18(13)6-7-23-17(21)22-18/h3-4,8-9H,1-2,5-7H2,(H2,21,22). The highest BCUT2D eigenvalue weighted by molar-refractivity contribution is 8.13. The lowest BCUT2D eigenvalue weighted by atomic mass is 9.78. The van der Waals surface area contributed by atoms with Crippen LogP contribution in [0.15, 0.2) is 29.3 Å². The van der Waals surface area contributed by atoms with Crippen molar-refractivity contribution >= 4 is 28.3 Å². The van der Waals surface area contributed by atoms with Crippen LogP contribution in [0.1, 0.15) is 35.3 Å². The van der Waals surface area contributed by atoms with Crippen LogP contribution in [0.5, 0.6) is 0 Å². The van der Waals surface area contributed by atoms with Gasteiger partial charge >= 0.3 is 0 Å². The van der Waals surface area contributed by atoms with Gasteiger partial charge in [0.15, 0.2) is 5.17 Å². The summed E-state index contributed by atoms with van der Waals surface area (Å²) in [7, 11) is 0. The molecule has 4 rings (SSSR count). The number of halogens is 1. The topological polar surface area (TPSA) is 62.2 Å². The Kier molecular flexibility index (Phi) is 3.86. The van der Waals surface area contributed by atoms with E-state index >= 15 is 0 Å². The summed E-state index contributed by atoms with van der Waals surface area (Å²) < 4.78 is 13.6. The highest BCUT2D eigenvalue weighted by atomic mass is 32.2. The Labute approximate surface area is 148 Å². The number of rotatable bonds is 1. The zero-order valence-electron chi connectivity index (χ0n) is 13.0. The Hall–Kier alpha value is -1.84. The van der Waals surface area contributed by atoms with E-state index in [-0.39, 0.29) is 11.1 Å². The lowest BCUT2D eigenvalue weighted by Gasteiger charge is -2.36. The van der Waals surface area contributed by atoms with Crippen molar-refractivity contribution in [2.45, 2.75) is 31.2 Å². The summed E-state index contributed by atoms with van der Waals surface area (Å²) in [5.74, 6) is 0.524. The van der Waals surface area contributed by atoms with Gasteiger partial charge in [0.1, 0.15) is 11.9 Å². The highest BCUT2D eigenvalue weighted by Crippen LogP contribution is 2.49. The van der Waals surface area contributed by atoms with Crippen molar-refractivity contribution in [1.82, 2.24) is 0 Å². The number of hydrogen-bond acceptors (Lipinski definition) is 5. The van der Waals surface area contributed by atoms with Crippen LogP contribution in [0.4, 0.5) is 4.39 Å². The van der Waals surface area contributed by atoms with E-state index in [4.69, 9.17) is 16.0 Å². The van der Waals surface area contributed by atoms with Crippen LogP contribution < -0.4 is 5.73 Å². The molecule has 0 radical (unpaired) electrons. The fourth-order valence-electron chi connectivity index (χ4n) is 3.59. The van der Waals surface area contributed by atoms with Crippen molar-refractivity contribution < 1.29 is 4.39 Å². The summed E-state index contributed by atoms with van der Waals surface area (Å²) in [6.07, 6.45) is 4.20. The molecule has 2 aromatic rings. The molecule has 6 heteroatoms. The van der Waals surface area contributed by atoms with E-state index in [0.29, 0.717) is 5.17 Å². The molecule has 2 N–H and O–H groups in total. The molecule has 0 saturated carbocycles. The molecule has 1 aromatic carbocycles. The Balaban J connectivity index is 1.81. The van der Waals surface area contributed by atoms with Gasteiger partial charge in [0.05, 0.1) is 11.1 Å². The van der Waals surface area contributed by atoms with Crippen molar-refractivity contribution in [2.75, 3.05) is 5.75 Å². The molecule has 2 heterocycles. The van der Waals surface area contributed by atoms with Crippen LogP contribution in [0.3, 0.4) is 0 Å². The van der Waals surface area contributed by atoms with Crippen molar-refractivity contribution in [1.29, 1.82) is 5.26 Å². The average Bonchev–Trinajstić information content (AvgIpc) is 3.01. The first-order chi connectivity index (χ1) is 11.6. The maximum Gasteiger partial charge on any atom is 0.154 e. The lowest BCUT2D eigenvalue weighted by Crippen LogP contribution is -2.34. The van der Waals surface area contributed by atoms with Gasteiger partial charge in [-0.1, -0.05) is 17.8 Å². The quantitative estimate of drug-likeness (QED) is 0.822. The maximum absolute atomic E-state index is 13.6. The molecule has 0 saturated heterocycles. The minimum Gasteiger partial charge on any atom is -0.379 e. The Bertz CT molecular complexity index is 881. The number of fused-ring (bicyclic) bond motifs is 2. The lowest BCUT2D eigenvalue weighted by molar-refractivity contribution is 0.368. The molecule has 0 amide bonds.